The van der Waals surface area contributed by atoms with Gasteiger partial charge in [-0.3, -0.25) is 0 Å². The lowest BCUT2D eigenvalue weighted by atomic mass is 10.1. The van der Waals surface area contributed by atoms with E-state index in [0.29, 0.717) is 0 Å². The number of hydrogen-bond acceptors (Lipinski definition) is 3. The minimum Gasteiger partial charge on any atom is -0.389 e. The molecule has 3 heteroatoms. The molecule has 0 aliphatic carbocycles. The lowest BCUT2D eigenvalue weighted by Gasteiger charge is -2.25. The van der Waals surface area contributed by atoms with Crippen molar-refractivity contribution in [3.8, 4) is 0 Å². The summed E-state index contributed by atoms with van der Waals surface area (Å²) in [6.45, 7) is 2.00. The minimum atomic E-state index is -0.597. The molecule has 1 fully saturated rings. The number of rotatable bonds is 1. The number of benzene rings is 1. The van der Waals surface area contributed by atoms with Gasteiger partial charge in [-0.15, -0.1) is 0 Å². The predicted molar refractivity (Wildman–Crippen MR) is 41.5 cm³/mol. The first-order valence-corrected chi connectivity index (χ1v) is 3.69. The summed E-state index contributed by atoms with van der Waals surface area (Å²) >= 11 is 0. The van der Waals surface area contributed by atoms with Gasteiger partial charge < -0.3 is 9.47 Å². The lowest BCUT2D eigenvalue weighted by Crippen LogP contribution is -2.27. The van der Waals surface area contributed by atoms with Crippen molar-refractivity contribution >= 4 is 6.16 Å². The van der Waals surface area contributed by atoms with Crippen LogP contribution in [0.4, 0.5) is 4.79 Å². The third kappa shape index (κ3) is 1.13. The van der Waals surface area contributed by atoms with Crippen molar-refractivity contribution in [1.29, 1.82) is 0 Å². The molecular formula is C9H8O3. The van der Waals surface area contributed by atoms with Crippen LogP contribution in [0, 0.1) is 6.92 Å². The van der Waals surface area contributed by atoms with Crippen molar-refractivity contribution < 1.29 is 14.3 Å². The standard InChI is InChI=1S/C9H8O3/c1-6-2-4-7(5-3-6)8-11-9(10)12-8/h2-5,8H,1H3. The van der Waals surface area contributed by atoms with Crippen LogP contribution in [0.1, 0.15) is 17.4 Å². The Hall–Kier alpha value is -1.51. The molecule has 0 unspecified atom stereocenters. The zero-order chi connectivity index (χ0) is 8.55. The van der Waals surface area contributed by atoms with Gasteiger partial charge in [0.05, 0.1) is 0 Å². The summed E-state index contributed by atoms with van der Waals surface area (Å²) in [6.07, 6.45) is -1.08. The molecule has 0 saturated carbocycles. The van der Waals surface area contributed by atoms with E-state index < -0.39 is 12.4 Å². The van der Waals surface area contributed by atoms with E-state index in [2.05, 4.69) is 0 Å². The molecule has 0 spiro atoms. The SMILES string of the molecule is Cc1ccc(C2OC(=O)O2)cc1. The van der Waals surface area contributed by atoms with Gasteiger partial charge in [0.1, 0.15) is 0 Å². The van der Waals surface area contributed by atoms with Gasteiger partial charge in [-0.1, -0.05) is 29.8 Å². The van der Waals surface area contributed by atoms with E-state index in [1.807, 2.05) is 31.2 Å². The first-order chi connectivity index (χ1) is 5.75. The highest BCUT2D eigenvalue weighted by atomic mass is 16.9. The molecule has 0 amide bonds. The topological polar surface area (TPSA) is 35.5 Å². The molecule has 1 aliphatic rings. The Labute approximate surface area is 69.9 Å². The Morgan fingerprint density at radius 3 is 2.25 bits per heavy atom. The molecule has 0 N–H and O–H groups in total. The van der Waals surface area contributed by atoms with Crippen LogP contribution in [0.15, 0.2) is 24.3 Å². The molecule has 3 nitrogen and oxygen atoms in total. The highest BCUT2D eigenvalue weighted by Crippen LogP contribution is 2.27. The van der Waals surface area contributed by atoms with Crippen LogP contribution in [0.5, 0.6) is 0 Å². The van der Waals surface area contributed by atoms with E-state index in [-0.39, 0.29) is 0 Å². The molecule has 62 valence electrons. The second-order valence-corrected chi connectivity index (χ2v) is 2.73. The minimum absolute atomic E-state index is 0.488. The summed E-state index contributed by atoms with van der Waals surface area (Å²) in [4.78, 5) is 10.3. The third-order valence-corrected chi connectivity index (χ3v) is 1.76. The van der Waals surface area contributed by atoms with Crippen LogP contribution in [0.25, 0.3) is 0 Å². The number of aryl methyl sites for hydroxylation is 1. The van der Waals surface area contributed by atoms with Crippen LogP contribution in [0.3, 0.4) is 0 Å². The maximum absolute atomic E-state index is 10.3. The third-order valence-electron chi connectivity index (χ3n) is 1.76. The van der Waals surface area contributed by atoms with Gasteiger partial charge in [0, 0.05) is 5.56 Å². The van der Waals surface area contributed by atoms with Crippen molar-refractivity contribution in [1.82, 2.24) is 0 Å². The molecule has 2 rings (SSSR count). The number of hydrogen-bond donors (Lipinski definition) is 0. The maximum atomic E-state index is 10.3. The fourth-order valence-electron chi connectivity index (χ4n) is 1.04. The van der Waals surface area contributed by atoms with Gasteiger partial charge in [0.2, 0.25) is 0 Å². The lowest BCUT2D eigenvalue weighted by molar-refractivity contribution is -0.186. The Balaban J connectivity index is 2.14. The van der Waals surface area contributed by atoms with Crippen molar-refractivity contribution in [2.24, 2.45) is 0 Å². The first-order valence-electron chi connectivity index (χ1n) is 3.69. The molecule has 1 aromatic rings. The Bertz CT molecular complexity index is 294. The highest BCUT2D eigenvalue weighted by molar-refractivity contribution is 5.64. The van der Waals surface area contributed by atoms with E-state index in [4.69, 9.17) is 9.47 Å². The van der Waals surface area contributed by atoms with Crippen LogP contribution in [-0.2, 0) is 9.47 Å². The molecule has 0 atom stereocenters. The van der Waals surface area contributed by atoms with E-state index in [9.17, 15) is 4.79 Å². The Morgan fingerprint density at radius 2 is 1.75 bits per heavy atom. The molecule has 0 radical (unpaired) electrons. The van der Waals surface area contributed by atoms with Gasteiger partial charge in [-0.25, -0.2) is 4.79 Å². The zero-order valence-corrected chi connectivity index (χ0v) is 6.61. The van der Waals surface area contributed by atoms with E-state index in [1.165, 1.54) is 5.56 Å². The zero-order valence-electron chi connectivity index (χ0n) is 6.61. The van der Waals surface area contributed by atoms with Crippen molar-refractivity contribution in [3.05, 3.63) is 35.4 Å². The molecular weight excluding hydrogens is 156 g/mol. The van der Waals surface area contributed by atoms with Crippen molar-refractivity contribution in [2.45, 2.75) is 13.2 Å². The fourth-order valence-corrected chi connectivity index (χ4v) is 1.04. The molecule has 1 aliphatic heterocycles. The molecule has 0 bridgehead atoms. The fraction of sp³-hybridized carbons (Fsp3) is 0.222. The van der Waals surface area contributed by atoms with E-state index in [0.717, 1.165) is 5.56 Å². The largest absolute Gasteiger partial charge is 0.515 e. The predicted octanol–water partition coefficient (Wildman–Crippen LogP) is 2.16. The normalized spacial score (nSPS) is 16.2. The summed E-state index contributed by atoms with van der Waals surface area (Å²) in [7, 11) is 0. The van der Waals surface area contributed by atoms with Gasteiger partial charge in [0.25, 0.3) is 6.29 Å². The van der Waals surface area contributed by atoms with Gasteiger partial charge in [-0.05, 0) is 6.92 Å². The molecule has 1 saturated heterocycles. The average molecular weight is 164 g/mol. The summed E-state index contributed by atoms with van der Waals surface area (Å²) in [5.74, 6) is 0. The second-order valence-electron chi connectivity index (χ2n) is 2.73. The van der Waals surface area contributed by atoms with Crippen LogP contribution in [-0.4, -0.2) is 6.16 Å². The Kier molecular flexibility index (Phi) is 1.50. The summed E-state index contributed by atoms with van der Waals surface area (Å²) in [5, 5.41) is 0. The average Bonchev–Trinajstić information content (AvgIpc) is 2.01. The molecule has 1 heterocycles. The monoisotopic (exact) mass is 164 g/mol. The van der Waals surface area contributed by atoms with Gasteiger partial charge in [-0.2, -0.15) is 0 Å². The van der Waals surface area contributed by atoms with Gasteiger partial charge >= 0.3 is 6.16 Å². The smallest absolute Gasteiger partial charge is 0.389 e. The van der Waals surface area contributed by atoms with Crippen LogP contribution < -0.4 is 0 Å². The first kappa shape index (κ1) is 7.16. The number of ether oxygens (including phenoxy) is 2. The van der Waals surface area contributed by atoms with Crippen LogP contribution in [0.2, 0.25) is 0 Å². The van der Waals surface area contributed by atoms with Crippen molar-refractivity contribution in [3.63, 3.8) is 0 Å². The number of carbonyl (C=O) groups is 1. The molecule has 0 aromatic heterocycles. The summed E-state index contributed by atoms with van der Waals surface area (Å²) < 4.78 is 9.41. The van der Waals surface area contributed by atoms with Gasteiger partial charge in [0.15, 0.2) is 0 Å². The van der Waals surface area contributed by atoms with Crippen LogP contribution >= 0.6 is 0 Å². The van der Waals surface area contributed by atoms with Crippen molar-refractivity contribution in [2.75, 3.05) is 0 Å². The molecule has 12 heavy (non-hydrogen) atoms. The number of cyclic esters (lactones) is 2. The molecule has 1 aromatic carbocycles. The van der Waals surface area contributed by atoms with E-state index in [1.54, 1.807) is 0 Å². The maximum Gasteiger partial charge on any atom is 0.515 e. The quantitative estimate of drug-likeness (QED) is 0.596. The van der Waals surface area contributed by atoms with E-state index >= 15 is 0 Å². The highest BCUT2D eigenvalue weighted by Gasteiger charge is 2.31. The summed E-state index contributed by atoms with van der Waals surface area (Å²) in [5.41, 5.74) is 2.05. The Morgan fingerprint density at radius 1 is 1.17 bits per heavy atom. The summed E-state index contributed by atoms with van der Waals surface area (Å²) in [6, 6.07) is 7.66. The second kappa shape index (κ2) is 2.52. The number of carbonyl (C=O) groups excluding carboxylic acids is 1.